The number of sulfonamides is 1. The van der Waals surface area contributed by atoms with Crippen molar-refractivity contribution in [3.05, 3.63) is 29.3 Å². The Kier molecular flexibility index (Phi) is 6.76. The summed E-state index contributed by atoms with van der Waals surface area (Å²) in [5, 5.41) is 2.45. The SMILES string of the molecule is COc1ccc(-c2nc(C(=O)N3CCCCC3CNS(C)(=O)=O)cs2)cc1OC. The maximum Gasteiger partial charge on any atom is 0.273 e. The summed E-state index contributed by atoms with van der Waals surface area (Å²) in [4.78, 5) is 19.3. The van der Waals surface area contributed by atoms with Crippen molar-refractivity contribution in [1.82, 2.24) is 14.6 Å². The van der Waals surface area contributed by atoms with Crippen molar-refractivity contribution >= 4 is 27.3 Å². The minimum absolute atomic E-state index is 0.169. The van der Waals surface area contributed by atoms with E-state index in [9.17, 15) is 13.2 Å². The normalized spacial score (nSPS) is 17.2. The van der Waals surface area contributed by atoms with Gasteiger partial charge < -0.3 is 14.4 Å². The van der Waals surface area contributed by atoms with Crippen LogP contribution in [-0.2, 0) is 10.0 Å². The molecule has 0 spiro atoms. The lowest BCUT2D eigenvalue weighted by Crippen LogP contribution is -2.49. The Bertz CT molecular complexity index is 974. The number of nitrogens with zero attached hydrogens (tertiary/aromatic N) is 2. The fourth-order valence-corrected chi connectivity index (χ4v) is 4.63. The highest BCUT2D eigenvalue weighted by Crippen LogP contribution is 2.34. The fourth-order valence-electron chi connectivity index (χ4n) is 3.35. The van der Waals surface area contributed by atoms with Crippen LogP contribution in [0.2, 0.25) is 0 Å². The van der Waals surface area contributed by atoms with Crippen molar-refractivity contribution < 1.29 is 22.7 Å². The average molecular weight is 440 g/mol. The van der Waals surface area contributed by atoms with Crippen LogP contribution in [0.15, 0.2) is 23.6 Å². The standard InChI is InChI=1S/C19H25N3O5S2/c1-26-16-8-7-13(10-17(16)27-2)18-21-15(12-28-18)19(23)22-9-5-4-6-14(22)11-20-29(3,24)25/h7-8,10,12,14,20H,4-6,9,11H2,1-3H3. The van der Waals surface area contributed by atoms with E-state index in [1.807, 2.05) is 12.1 Å². The molecule has 8 nitrogen and oxygen atoms in total. The second kappa shape index (κ2) is 9.10. The van der Waals surface area contributed by atoms with Crippen LogP contribution in [0.5, 0.6) is 11.5 Å². The van der Waals surface area contributed by atoms with Gasteiger partial charge in [-0.05, 0) is 37.5 Å². The Morgan fingerprint density at radius 2 is 2.03 bits per heavy atom. The van der Waals surface area contributed by atoms with Crippen molar-refractivity contribution in [3.8, 4) is 22.1 Å². The van der Waals surface area contributed by atoms with E-state index in [1.165, 1.54) is 11.3 Å². The summed E-state index contributed by atoms with van der Waals surface area (Å²) >= 11 is 1.38. The monoisotopic (exact) mass is 439 g/mol. The molecule has 1 aromatic heterocycles. The van der Waals surface area contributed by atoms with Crippen LogP contribution >= 0.6 is 11.3 Å². The van der Waals surface area contributed by atoms with Gasteiger partial charge in [0.2, 0.25) is 10.0 Å². The van der Waals surface area contributed by atoms with Gasteiger partial charge in [-0.2, -0.15) is 0 Å². The molecule has 10 heteroatoms. The average Bonchev–Trinajstić information content (AvgIpc) is 3.21. The number of piperidine rings is 1. The van der Waals surface area contributed by atoms with E-state index in [0.717, 1.165) is 31.1 Å². The highest BCUT2D eigenvalue weighted by molar-refractivity contribution is 7.88. The lowest BCUT2D eigenvalue weighted by atomic mass is 10.0. The third-order valence-electron chi connectivity index (χ3n) is 4.82. The number of likely N-dealkylation sites (tertiary alicyclic amines) is 1. The van der Waals surface area contributed by atoms with Gasteiger partial charge in [0.05, 0.1) is 20.5 Å². The Morgan fingerprint density at radius 1 is 1.28 bits per heavy atom. The summed E-state index contributed by atoms with van der Waals surface area (Å²) in [6.07, 6.45) is 3.75. The number of carbonyl (C=O) groups is 1. The molecule has 1 unspecified atom stereocenters. The summed E-state index contributed by atoms with van der Waals surface area (Å²) in [5.41, 5.74) is 1.20. The third kappa shape index (κ3) is 5.26. The highest BCUT2D eigenvalue weighted by Gasteiger charge is 2.29. The van der Waals surface area contributed by atoms with Crippen LogP contribution in [0.1, 0.15) is 29.8 Å². The molecular weight excluding hydrogens is 414 g/mol. The molecular formula is C19H25N3O5S2. The van der Waals surface area contributed by atoms with E-state index in [0.29, 0.717) is 28.7 Å². The minimum atomic E-state index is -3.31. The van der Waals surface area contributed by atoms with Crippen molar-refractivity contribution in [3.63, 3.8) is 0 Å². The number of ether oxygens (including phenoxy) is 2. The molecule has 1 fully saturated rings. The zero-order valence-electron chi connectivity index (χ0n) is 16.7. The number of carbonyl (C=O) groups excluding carboxylic acids is 1. The Balaban J connectivity index is 1.79. The molecule has 2 heterocycles. The van der Waals surface area contributed by atoms with Crippen LogP contribution in [0.3, 0.4) is 0 Å². The van der Waals surface area contributed by atoms with E-state index in [1.54, 1.807) is 30.6 Å². The highest BCUT2D eigenvalue weighted by atomic mass is 32.2. The summed E-state index contributed by atoms with van der Waals surface area (Å²) in [5.74, 6) is 1.04. The van der Waals surface area contributed by atoms with Gasteiger partial charge in [-0.3, -0.25) is 4.79 Å². The molecule has 158 valence electrons. The number of thiazole rings is 1. The summed E-state index contributed by atoms with van der Waals surface area (Å²) in [6.45, 7) is 0.815. The lowest BCUT2D eigenvalue weighted by molar-refractivity contribution is 0.0613. The van der Waals surface area contributed by atoms with Crippen molar-refractivity contribution in [2.45, 2.75) is 25.3 Å². The number of hydrogen-bond acceptors (Lipinski definition) is 7. The first-order valence-electron chi connectivity index (χ1n) is 9.26. The van der Waals surface area contributed by atoms with E-state index >= 15 is 0 Å². The van der Waals surface area contributed by atoms with Crippen LogP contribution in [0.4, 0.5) is 0 Å². The quantitative estimate of drug-likeness (QED) is 0.711. The van der Waals surface area contributed by atoms with Gasteiger partial charge in [-0.15, -0.1) is 11.3 Å². The summed E-state index contributed by atoms with van der Waals surface area (Å²) in [6, 6.07) is 5.33. The number of rotatable bonds is 7. The molecule has 29 heavy (non-hydrogen) atoms. The first kappa shape index (κ1) is 21.5. The number of methoxy groups -OCH3 is 2. The first-order valence-corrected chi connectivity index (χ1v) is 12.0. The topological polar surface area (TPSA) is 97.8 Å². The molecule has 0 aliphatic carbocycles. The molecule has 1 atom stereocenters. The van der Waals surface area contributed by atoms with Gasteiger partial charge in [0.1, 0.15) is 10.7 Å². The molecule has 1 aliphatic rings. The van der Waals surface area contributed by atoms with Crippen molar-refractivity contribution in [2.24, 2.45) is 0 Å². The van der Waals surface area contributed by atoms with E-state index in [-0.39, 0.29) is 18.5 Å². The van der Waals surface area contributed by atoms with Gasteiger partial charge in [-0.25, -0.2) is 18.1 Å². The van der Waals surface area contributed by atoms with Gasteiger partial charge in [0.25, 0.3) is 5.91 Å². The molecule has 0 bridgehead atoms. The number of benzene rings is 1. The van der Waals surface area contributed by atoms with Gasteiger partial charge in [0, 0.05) is 30.1 Å². The van der Waals surface area contributed by atoms with Crippen LogP contribution in [0.25, 0.3) is 10.6 Å². The lowest BCUT2D eigenvalue weighted by Gasteiger charge is -2.35. The van der Waals surface area contributed by atoms with Gasteiger partial charge in [0.15, 0.2) is 11.5 Å². The van der Waals surface area contributed by atoms with Crippen LogP contribution in [0, 0.1) is 0 Å². The first-order chi connectivity index (χ1) is 13.8. The second-order valence-electron chi connectivity index (χ2n) is 6.88. The minimum Gasteiger partial charge on any atom is -0.493 e. The Morgan fingerprint density at radius 3 is 2.72 bits per heavy atom. The molecule has 1 aliphatic heterocycles. The number of nitrogens with one attached hydrogen (secondary N) is 1. The molecule has 1 amide bonds. The summed E-state index contributed by atoms with van der Waals surface area (Å²) < 4.78 is 36.0. The van der Waals surface area contributed by atoms with E-state index < -0.39 is 10.0 Å². The molecule has 1 N–H and O–H groups in total. The number of hydrogen-bond donors (Lipinski definition) is 1. The molecule has 3 rings (SSSR count). The summed E-state index contributed by atoms with van der Waals surface area (Å²) in [7, 11) is -0.162. The molecule has 1 aromatic carbocycles. The molecule has 0 radical (unpaired) electrons. The van der Waals surface area contributed by atoms with Crippen molar-refractivity contribution in [1.29, 1.82) is 0 Å². The number of aromatic nitrogens is 1. The Hall–Kier alpha value is -2.17. The van der Waals surface area contributed by atoms with Crippen LogP contribution in [-0.4, -0.2) is 63.8 Å². The molecule has 1 saturated heterocycles. The zero-order chi connectivity index (χ0) is 21.0. The molecule has 0 saturated carbocycles. The molecule has 2 aromatic rings. The second-order valence-corrected chi connectivity index (χ2v) is 9.57. The predicted octanol–water partition coefficient (Wildman–Crippen LogP) is 2.37. The zero-order valence-corrected chi connectivity index (χ0v) is 18.3. The van der Waals surface area contributed by atoms with Crippen molar-refractivity contribution in [2.75, 3.05) is 33.6 Å². The Labute approximate surface area is 174 Å². The van der Waals surface area contributed by atoms with Gasteiger partial charge in [-0.1, -0.05) is 0 Å². The predicted molar refractivity (Wildman–Crippen MR) is 112 cm³/mol. The van der Waals surface area contributed by atoms with Crippen LogP contribution < -0.4 is 14.2 Å². The maximum absolute atomic E-state index is 13.1. The van der Waals surface area contributed by atoms with E-state index in [2.05, 4.69) is 9.71 Å². The van der Waals surface area contributed by atoms with E-state index in [4.69, 9.17) is 9.47 Å². The van der Waals surface area contributed by atoms with Gasteiger partial charge >= 0.3 is 0 Å². The smallest absolute Gasteiger partial charge is 0.273 e. The third-order valence-corrected chi connectivity index (χ3v) is 6.41. The largest absolute Gasteiger partial charge is 0.493 e. The maximum atomic E-state index is 13.1. The number of amides is 1. The fraction of sp³-hybridized carbons (Fsp3) is 0.474.